The van der Waals surface area contributed by atoms with E-state index >= 15 is 0 Å². The van der Waals surface area contributed by atoms with E-state index in [0.29, 0.717) is 16.7 Å². The first-order chi connectivity index (χ1) is 12.3. The van der Waals surface area contributed by atoms with E-state index in [2.05, 4.69) is 20.5 Å². The van der Waals surface area contributed by atoms with E-state index in [1.165, 1.54) is 11.8 Å². The van der Waals surface area contributed by atoms with Gasteiger partial charge in [0.2, 0.25) is 5.16 Å². The summed E-state index contributed by atoms with van der Waals surface area (Å²) in [5.41, 5.74) is 1.75. The van der Waals surface area contributed by atoms with E-state index in [1.54, 1.807) is 29.4 Å². The fraction of sp³-hybridized carbons (Fsp3) is 0.125. The van der Waals surface area contributed by atoms with E-state index in [4.69, 9.17) is 9.15 Å². The normalized spacial score (nSPS) is 10.9. The summed E-state index contributed by atoms with van der Waals surface area (Å²) in [6.07, 6.45) is 1.65. The minimum absolute atomic E-state index is 0.659. The molecule has 0 N–H and O–H groups in total. The molecule has 0 aliphatic heterocycles. The molecule has 4 aromatic rings. The zero-order valence-electron chi connectivity index (χ0n) is 13.2. The summed E-state index contributed by atoms with van der Waals surface area (Å²) in [7, 11) is 1.63. The number of aromatic nitrogens is 5. The van der Waals surface area contributed by atoms with Crippen molar-refractivity contribution in [2.45, 2.75) is 10.9 Å². The van der Waals surface area contributed by atoms with E-state index < -0.39 is 0 Å². The highest BCUT2D eigenvalue weighted by Crippen LogP contribution is 2.29. The van der Waals surface area contributed by atoms with Crippen LogP contribution in [-0.4, -0.2) is 32.3 Å². The number of furan rings is 1. The number of thioether (sulfide) groups is 1. The molecule has 0 fully saturated rings. The lowest BCUT2D eigenvalue weighted by molar-refractivity contribution is 0.410. The molecule has 3 heterocycles. The average molecular weight is 371 g/mol. The molecule has 0 saturated heterocycles. The summed E-state index contributed by atoms with van der Waals surface area (Å²) in [6.45, 7) is 0. The Morgan fingerprint density at radius 3 is 3.00 bits per heavy atom. The summed E-state index contributed by atoms with van der Waals surface area (Å²) in [6, 6.07) is 11.4. The lowest BCUT2D eigenvalue weighted by Crippen LogP contribution is -2.01. The quantitative estimate of drug-likeness (QED) is 0.478. The highest BCUT2D eigenvalue weighted by molar-refractivity contribution is 7.98. The molecule has 0 saturated carbocycles. The van der Waals surface area contributed by atoms with Crippen LogP contribution in [0.3, 0.4) is 0 Å². The molecule has 3 aromatic heterocycles. The second kappa shape index (κ2) is 7.08. The number of rotatable bonds is 6. The van der Waals surface area contributed by atoms with E-state index in [0.717, 1.165) is 22.1 Å². The first kappa shape index (κ1) is 15.9. The fourth-order valence-electron chi connectivity index (χ4n) is 2.25. The van der Waals surface area contributed by atoms with Crippen LogP contribution in [-0.2, 0) is 5.75 Å². The van der Waals surface area contributed by atoms with Gasteiger partial charge in [-0.1, -0.05) is 23.9 Å². The molecule has 0 aliphatic carbocycles. The van der Waals surface area contributed by atoms with Crippen molar-refractivity contribution in [2.75, 3.05) is 7.11 Å². The monoisotopic (exact) mass is 371 g/mol. The van der Waals surface area contributed by atoms with Crippen LogP contribution in [0.1, 0.15) is 5.69 Å². The Labute approximate surface area is 151 Å². The van der Waals surface area contributed by atoms with Crippen LogP contribution in [0.2, 0.25) is 0 Å². The van der Waals surface area contributed by atoms with Crippen molar-refractivity contribution in [3.63, 3.8) is 0 Å². The van der Waals surface area contributed by atoms with Gasteiger partial charge in [-0.05, 0) is 34.7 Å². The standard InChI is InChI=1S/C16H13N5O2S2/c1-22-13-6-3-2-5-12(13)21-16(18-19-20-21)25-10-11-9-24-15(17-11)14-7-4-8-23-14/h2-9H,10H2,1H3. The maximum Gasteiger partial charge on any atom is 0.214 e. The fourth-order valence-corrected chi connectivity index (χ4v) is 3.92. The molecule has 0 unspecified atom stereocenters. The molecule has 9 heteroatoms. The van der Waals surface area contributed by atoms with Crippen LogP contribution in [0, 0.1) is 0 Å². The van der Waals surface area contributed by atoms with Crippen LogP contribution in [0.4, 0.5) is 0 Å². The largest absolute Gasteiger partial charge is 0.494 e. The molecular formula is C16H13N5O2S2. The molecule has 0 spiro atoms. The van der Waals surface area contributed by atoms with E-state index in [1.807, 2.05) is 41.8 Å². The summed E-state index contributed by atoms with van der Waals surface area (Å²) in [4.78, 5) is 4.59. The average Bonchev–Trinajstić information content (AvgIpc) is 3.40. The minimum atomic E-state index is 0.659. The number of ether oxygens (including phenoxy) is 1. The van der Waals surface area contributed by atoms with Crippen molar-refractivity contribution < 1.29 is 9.15 Å². The highest BCUT2D eigenvalue weighted by atomic mass is 32.2. The van der Waals surface area contributed by atoms with Gasteiger partial charge in [0.05, 0.1) is 19.1 Å². The molecule has 0 atom stereocenters. The van der Waals surface area contributed by atoms with Crippen molar-refractivity contribution in [1.29, 1.82) is 0 Å². The number of benzene rings is 1. The predicted molar refractivity (Wildman–Crippen MR) is 95.1 cm³/mol. The van der Waals surface area contributed by atoms with Crippen LogP contribution in [0.5, 0.6) is 5.75 Å². The van der Waals surface area contributed by atoms with E-state index in [-0.39, 0.29) is 0 Å². The van der Waals surface area contributed by atoms with Crippen molar-refractivity contribution in [3.8, 4) is 22.2 Å². The first-order valence-corrected chi connectivity index (χ1v) is 9.24. The van der Waals surface area contributed by atoms with Gasteiger partial charge < -0.3 is 9.15 Å². The Bertz CT molecular complexity index is 965. The number of tetrazole rings is 1. The van der Waals surface area contributed by atoms with Crippen molar-refractivity contribution >= 4 is 23.1 Å². The van der Waals surface area contributed by atoms with Gasteiger partial charge >= 0.3 is 0 Å². The molecule has 0 aliphatic rings. The SMILES string of the molecule is COc1ccccc1-n1nnnc1SCc1csc(-c2ccco2)n1. The van der Waals surface area contributed by atoms with Gasteiger partial charge in [0.25, 0.3) is 0 Å². The molecule has 1 aromatic carbocycles. The number of hydrogen-bond acceptors (Lipinski definition) is 8. The van der Waals surface area contributed by atoms with Gasteiger partial charge in [-0.2, -0.15) is 4.68 Å². The highest BCUT2D eigenvalue weighted by Gasteiger charge is 2.14. The Morgan fingerprint density at radius 1 is 1.24 bits per heavy atom. The third kappa shape index (κ3) is 3.28. The topological polar surface area (TPSA) is 78.9 Å². The lowest BCUT2D eigenvalue weighted by Gasteiger charge is -2.08. The molecular weight excluding hydrogens is 358 g/mol. The molecule has 4 rings (SSSR count). The van der Waals surface area contributed by atoms with Crippen LogP contribution in [0.25, 0.3) is 16.5 Å². The van der Waals surface area contributed by atoms with Crippen LogP contribution < -0.4 is 4.74 Å². The zero-order chi connectivity index (χ0) is 17.1. The van der Waals surface area contributed by atoms with Crippen LogP contribution >= 0.6 is 23.1 Å². The summed E-state index contributed by atoms with van der Waals surface area (Å²) in [5.74, 6) is 2.15. The Kier molecular flexibility index (Phi) is 4.49. The Hall–Kier alpha value is -2.65. The van der Waals surface area contributed by atoms with Gasteiger partial charge in [-0.3, -0.25) is 0 Å². The number of thiazole rings is 1. The number of methoxy groups -OCH3 is 1. The molecule has 0 radical (unpaired) electrons. The van der Waals surface area contributed by atoms with Crippen molar-refractivity contribution in [1.82, 2.24) is 25.2 Å². The summed E-state index contributed by atoms with van der Waals surface area (Å²) < 4.78 is 12.4. The number of hydrogen-bond donors (Lipinski definition) is 0. The predicted octanol–water partition coefficient (Wildman–Crippen LogP) is 3.68. The molecule has 0 amide bonds. The third-order valence-electron chi connectivity index (χ3n) is 3.39. The summed E-state index contributed by atoms with van der Waals surface area (Å²) >= 11 is 3.07. The lowest BCUT2D eigenvalue weighted by atomic mass is 10.3. The van der Waals surface area contributed by atoms with Gasteiger partial charge in [-0.25, -0.2) is 4.98 Å². The van der Waals surface area contributed by atoms with Gasteiger partial charge in [0, 0.05) is 11.1 Å². The summed E-state index contributed by atoms with van der Waals surface area (Å²) in [5, 5.41) is 15.5. The Morgan fingerprint density at radius 2 is 2.16 bits per heavy atom. The van der Waals surface area contributed by atoms with Crippen LogP contribution in [0.15, 0.2) is 57.6 Å². The number of nitrogens with zero attached hydrogens (tertiary/aromatic N) is 5. The zero-order valence-corrected chi connectivity index (χ0v) is 14.8. The maximum absolute atomic E-state index is 5.38. The third-order valence-corrected chi connectivity index (χ3v) is 5.25. The van der Waals surface area contributed by atoms with Crippen molar-refractivity contribution in [3.05, 3.63) is 53.7 Å². The molecule has 7 nitrogen and oxygen atoms in total. The molecule has 126 valence electrons. The van der Waals surface area contributed by atoms with Gasteiger partial charge in [0.1, 0.15) is 11.4 Å². The first-order valence-electron chi connectivity index (χ1n) is 7.38. The molecule has 0 bridgehead atoms. The maximum atomic E-state index is 5.38. The second-order valence-corrected chi connectivity index (χ2v) is 6.76. The van der Waals surface area contributed by atoms with E-state index in [9.17, 15) is 0 Å². The number of para-hydroxylation sites is 2. The minimum Gasteiger partial charge on any atom is -0.494 e. The van der Waals surface area contributed by atoms with Gasteiger partial charge in [0.15, 0.2) is 10.8 Å². The van der Waals surface area contributed by atoms with Crippen molar-refractivity contribution in [2.24, 2.45) is 0 Å². The second-order valence-electron chi connectivity index (χ2n) is 4.96. The van der Waals surface area contributed by atoms with Gasteiger partial charge in [-0.15, -0.1) is 16.4 Å². The Balaban J connectivity index is 1.52. The smallest absolute Gasteiger partial charge is 0.214 e. The molecule has 25 heavy (non-hydrogen) atoms.